The summed E-state index contributed by atoms with van der Waals surface area (Å²) >= 11 is 1.60. The Hall–Kier alpha value is -1.90. The number of carbonyl (C=O) groups excluding carboxylic acids is 1. The van der Waals surface area contributed by atoms with E-state index in [2.05, 4.69) is 21.9 Å². The maximum atomic E-state index is 11.3. The van der Waals surface area contributed by atoms with Crippen molar-refractivity contribution in [3.63, 3.8) is 0 Å². The number of hydrogen-bond donors (Lipinski definition) is 4. The van der Waals surface area contributed by atoms with Gasteiger partial charge in [-0.25, -0.2) is 4.68 Å². The molecule has 0 aliphatic carbocycles. The van der Waals surface area contributed by atoms with Gasteiger partial charge in [0.1, 0.15) is 18.3 Å². The van der Waals surface area contributed by atoms with Gasteiger partial charge in [0, 0.05) is 5.75 Å². The lowest BCUT2D eigenvalue weighted by atomic mass is 10.1. The van der Waals surface area contributed by atoms with Gasteiger partial charge in [0.25, 0.3) is 5.91 Å². The van der Waals surface area contributed by atoms with E-state index in [4.69, 9.17) is 10.5 Å². The van der Waals surface area contributed by atoms with Crippen molar-refractivity contribution in [2.75, 3.05) is 12.4 Å². The van der Waals surface area contributed by atoms with Crippen molar-refractivity contribution in [1.29, 1.82) is 0 Å². The van der Waals surface area contributed by atoms with Gasteiger partial charge in [0.2, 0.25) is 11.6 Å². The van der Waals surface area contributed by atoms with Gasteiger partial charge in [-0.1, -0.05) is 12.0 Å². The van der Waals surface area contributed by atoms with Gasteiger partial charge in [-0.2, -0.15) is 4.98 Å². The minimum Gasteiger partial charge on any atom is -0.394 e. The summed E-state index contributed by atoms with van der Waals surface area (Å²) in [6, 6.07) is 0. The number of thioether (sulfide) groups is 1. The number of carbonyl (C=O) groups is 1. The molecule has 9 nitrogen and oxygen atoms in total. The predicted octanol–water partition coefficient (Wildman–Crippen LogP) is -1.64. The van der Waals surface area contributed by atoms with Crippen LogP contribution in [0.4, 0.5) is 0 Å². The second-order valence-electron chi connectivity index (χ2n) is 5.25. The first-order valence-electron chi connectivity index (χ1n) is 7.25. The van der Waals surface area contributed by atoms with Crippen molar-refractivity contribution in [2.45, 2.75) is 31.0 Å². The second-order valence-corrected chi connectivity index (χ2v) is 6.39. The van der Waals surface area contributed by atoms with E-state index in [1.165, 1.54) is 0 Å². The summed E-state index contributed by atoms with van der Waals surface area (Å²) in [5.41, 5.74) is 5.19. The van der Waals surface area contributed by atoms with Crippen LogP contribution in [0.5, 0.6) is 0 Å². The number of ether oxygens (including phenoxy) is 1. The molecular weight excluding hydrogens is 336 g/mol. The molecule has 2 aliphatic heterocycles. The molecule has 0 saturated carbocycles. The molecule has 5 N–H and O–H groups in total. The highest BCUT2D eigenvalue weighted by Gasteiger charge is 2.44. The van der Waals surface area contributed by atoms with Gasteiger partial charge < -0.3 is 25.8 Å². The summed E-state index contributed by atoms with van der Waals surface area (Å²) in [5.74, 6) is 5.61. The highest BCUT2D eigenvalue weighted by molar-refractivity contribution is 8.03. The first kappa shape index (κ1) is 16.9. The number of hydrogen-bond acceptors (Lipinski definition) is 8. The molecule has 3 heterocycles. The Morgan fingerprint density at radius 1 is 1.46 bits per heavy atom. The van der Waals surface area contributed by atoms with E-state index in [0.717, 1.165) is 21.8 Å². The van der Waals surface area contributed by atoms with Gasteiger partial charge in [-0.3, -0.25) is 4.79 Å². The molecule has 0 bridgehead atoms. The van der Waals surface area contributed by atoms with Crippen LogP contribution in [0.1, 0.15) is 29.1 Å². The summed E-state index contributed by atoms with van der Waals surface area (Å²) in [5, 5.41) is 33.1. The number of aromatic nitrogens is 3. The summed E-state index contributed by atoms with van der Waals surface area (Å²) < 4.78 is 6.51. The first-order chi connectivity index (χ1) is 11.5. The van der Waals surface area contributed by atoms with Crippen molar-refractivity contribution >= 4 is 17.7 Å². The van der Waals surface area contributed by atoms with Crippen molar-refractivity contribution in [3.8, 4) is 11.8 Å². The molecule has 2 unspecified atom stereocenters. The molecule has 0 radical (unpaired) electrons. The number of amides is 1. The molecule has 4 atom stereocenters. The average Bonchev–Trinajstić information content (AvgIpc) is 3.26. The largest absolute Gasteiger partial charge is 0.394 e. The molecule has 1 aromatic heterocycles. The molecule has 3 rings (SSSR count). The SMILES string of the molecule is NC(=O)c1nc(C#CC2=CCCS2)n([C@@H]2O[C@H](CO)C(O)C2O)n1. The lowest BCUT2D eigenvalue weighted by molar-refractivity contribution is -0.0592. The number of aliphatic hydroxyl groups excluding tert-OH is 3. The Morgan fingerprint density at radius 3 is 2.83 bits per heavy atom. The molecule has 10 heteroatoms. The minimum absolute atomic E-state index is 0.0760. The van der Waals surface area contributed by atoms with Crippen molar-refractivity contribution in [2.24, 2.45) is 5.73 Å². The van der Waals surface area contributed by atoms with Gasteiger partial charge in [-0.05, 0) is 12.3 Å². The van der Waals surface area contributed by atoms with Crippen LogP contribution in [0.25, 0.3) is 0 Å². The molecule has 0 spiro atoms. The van der Waals surface area contributed by atoms with Crippen LogP contribution in [0.15, 0.2) is 11.0 Å². The topological polar surface area (TPSA) is 144 Å². The number of allylic oxidation sites excluding steroid dienone is 2. The molecule has 1 fully saturated rings. The second kappa shape index (κ2) is 6.92. The molecule has 24 heavy (non-hydrogen) atoms. The van der Waals surface area contributed by atoms with E-state index in [1.807, 2.05) is 6.08 Å². The summed E-state index contributed by atoms with van der Waals surface area (Å²) in [4.78, 5) is 16.2. The maximum absolute atomic E-state index is 11.3. The number of nitrogens with zero attached hydrogens (tertiary/aromatic N) is 3. The number of nitrogens with two attached hydrogens (primary N) is 1. The van der Waals surface area contributed by atoms with Crippen LogP contribution in [0, 0.1) is 11.8 Å². The molecule has 2 aliphatic rings. The fourth-order valence-electron chi connectivity index (χ4n) is 2.39. The van der Waals surface area contributed by atoms with Crippen LogP contribution >= 0.6 is 11.8 Å². The van der Waals surface area contributed by atoms with Crippen LogP contribution < -0.4 is 5.73 Å². The highest BCUT2D eigenvalue weighted by Crippen LogP contribution is 2.29. The van der Waals surface area contributed by atoms with Gasteiger partial charge in [-0.15, -0.1) is 16.9 Å². The molecular formula is C14H16N4O5S. The van der Waals surface area contributed by atoms with Gasteiger partial charge in [0.15, 0.2) is 6.23 Å². The average molecular weight is 352 g/mol. The lowest BCUT2D eigenvalue weighted by Crippen LogP contribution is -2.33. The highest BCUT2D eigenvalue weighted by atomic mass is 32.2. The van der Waals surface area contributed by atoms with Crippen LogP contribution in [-0.2, 0) is 4.74 Å². The van der Waals surface area contributed by atoms with Crippen LogP contribution in [0.3, 0.4) is 0 Å². The third-order valence-corrected chi connectivity index (χ3v) is 4.63. The molecule has 128 valence electrons. The first-order valence-corrected chi connectivity index (χ1v) is 8.23. The van der Waals surface area contributed by atoms with Gasteiger partial charge >= 0.3 is 0 Å². The van der Waals surface area contributed by atoms with E-state index in [-0.39, 0.29) is 11.6 Å². The Labute approximate surface area is 141 Å². The van der Waals surface area contributed by atoms with Crippen molar-refractivity contribution < 1.29 is 24.9 Å². The monoisotopic (exact) mass is 352 g/mol. The van der Waals surface area contributed by atoms with Crippen molar-refractivity contribution in [1.82, 2.24) is 14.8 Å². The van der Waals surface area contributed by atoms with E-state index in [9.17, 15) is 20.1 Å². The molecule has 1 saturated heterocycles. The standard InChI is InChI=1S/C14H16N4O5S/c15-12(22)13-16-9(4-3-7-2-1-5-24-7)18(17-13)14-11(21)10(20)8(6-19)23-14/h2,8,10-11,14,19-21H,1,5-6H2,(H2,15,22)/t8-,10?,11?,14-/m1/s1. The van der Waals surface area contributed by atoms with E-state index in [1.54, 1.807) is 11.8 Å². The van der Waals surface area contributed by atoms with Crippen molar-refractivity contribution in [3.05, 3.63) is 22.6 Å². The third kappa shape index (κ3) is 3.17. The Bertz CT molecular complexity index is 737. The normalized spacial score (nSPS) is 29.2. The van der Waals surface area contributed by atoms with Crippen LogP contribution in [-0.4, -0.2) is 66.7 Å². The van der Waals surface area contributed by atoms with E-state index < -0.39 is 37.1 Å². The molecule has 1 aromatic rings. The van der Waals surface area contributed by atoms with Crippen LogP contribution in [0.2, 0.25) is 0 Å². The summed E-state index contributed by atoms with van der Waals surface area (Å²) in [6.45, 7) is -0.476. The van der Waals surface area contributed by atoms with Gasteiger partial charge in [0.05, 0.1) is 11.5 Å². The Kier molecular flexibility index (Phi) is 4.88. The maximum Gasteiger partial charge on any atom is 0.288 e. The fraction of sp³-hybridized carbons (Fsp3) is 0.500. The number of primary amides is 1. The lowest BCUT2D eigenvalue weighted by Gasteiger charge is -2.15. The molecule has 0 aromatic carbocycles. The fourth-order valence-corrected chi connectivity index (χ4v) is 3.21. The zero-order valence-electron chi connectivity index (χ0n) is 12.5. The summed E-state index contributed by atoms with van der Waals surface area (Å²) in [6.07, 6.45) is -1.84. The smallest absolute Gasteiger partial charge is 0.288 e. The molecule has 1 amide bonds. The Morgan fingerprint density at radius 2 is 2.25 bits per heavy atom. The number of aliphatic hydroxyl groups is 3. The zero-order valence-corrected chi connectivity index (χ0v) is 13.3. The quantitative estimate of drug-likeness (QED) is 0.474. The third-order valence-electron chi connectivity index (χ3n) is 3.61. The van der Waals surface area contributed by atoms with E-state index in [0.29, 0.717) is 0 Å². The van der Waals surface area contributed by atoms with E-state index >= 15 is 0 Å². The Balaban J connectivity index is 1.95. The minimum atomic E-state index is -1.36. The number of rotatable bonds is 3. The zero-order chi connectivity index (χ0) is 17.3. The summed E-state index contributed by atoms with van der Waals surface area (Å²) in [7, 11) is 0. The predicted molar refractivity (Wildman–Crippen MR) is 83.6 cm³/mol.